The number of hydrogen-bond acceptors (Lipinski definition) is 5. The summed E-state index contributed by atoms with van der Waals surface area (Å²) in [6.07, 6.45) is 5.42. The number of benzene rings is 6. The monoisotopic (exact) mass is 675 g/mol. The topological polar surface area (TPSA) is 66.2 Å². The predicted molar refractivity (Wildman–Crippen MR) is 212 cm³/mol. The second-order valence-corrected chi connectivity index (χ2v) is 14.6. The third-order valence-electron chi connectivity index (χ3n) is 11.0. The van der Waals surface area contributed by atoms with Gasteiger partial charge < -0.3 is 13.6 Å². The first-order chi connectivity index (χ1) is 25.4. The molecule has 0 fully saturated rings. The molecule has 1 unspecified atom stereocenters. The van der Waals surface area contributed by atoms with Crippen LogP contribution in [0.4, 0.5) is 0 Å². The van der Waals surface area contributed by atoms with Crippen LogP contribution in [0.5, 0.6) is 5.75 Å². The first-order valence-corrected chi connectivity index (χ1v) is 17.7. The Kier molecular flexibility index (Phi) is 5.83. The lowest BCUT2D eigenvalue weighted by Crippen LogP contribution is -2.25. The molecule has 0 N–H and O–H groups in total. The molecule has 4 aromatic heterocycles. The van der Waals surface area contributed by atoms with E-state index in [0.29, 0.717) is 5.95 Å². The summed E-state index contributed by atoms with van der Waals surface area (Å²) in [5, 5.41) is 9.66. The number of fused-ring (bicyclic) bond motifs is 15. The van der Waals surface area contributed by atoms with Crippen LogP contribution in [0.3, 0.4) is 0 Å². The number of hydrogen-bond donors (Lipinski definition) is 0. The second-order valence-electron chi connectivity index (χ2n) is 14.6. The van der Waals surface area contributed by atoms with Crippen LogP contribution in [0, 0.1) is 0 Å². The van der Waals surface area contributed by atoms with Crippen LogP contribution in [0.15, 0.2) is 135 Å². The second kappa shape index (κ2) is 10.3. The molecular formula is C46H33N3O3. The van der Waals surface area contributed by atoms with E-state index in [1.807, 2.05) is 18.2 Å². The van der Waals surface area contributed by atoms with Gasteiger partial charge in [-0.1, -0.05) is 103 Å². The van der Waals surface area contributed by atoms with Crippen molar-refractivity contribution < 1.29 is 13.6 Å². The van der Waals surface area contributed by atoms with Gasteiger partial charge in [0.05, 0.1) is 34.6 Å². The quantitative estimate of drug-likeness (QED) is 0.186. The minimum Gasteiger partial charge on any atom is -0.497 e. The van der Waals surface area contributed by atoms with Crippen molar-refractivity contribution in [2.75, 3.05) is 7.11 Å². The fourth-order valence-electron chi connectivity index (χ4n) is 9.14. The summed E-state index contributed by atoms with van der Waals surface area (Å²) in [6, 6.07) is 35.8. The van der Waals surface area contributed by atoms with Crippen molar-refractivity contribution >= 4 is 87.4 Å². The molecule has 1 aliphatic carbocycles. The van der Waals surface area contributed by atoms with E-state index in [2.05, 4.69) is 122 Å². The molecule has 4 heterocycles. The molecule has 0 saturated carbocycles. The molecule has 0 saturated heterocycles. The van der Waals surface area contributed by atoms with E-state index >= 15 is 0 Å². The summed E-state index contributed by atoms with van der Waals surface area (Å²) in [6.45, 7) is 6.64. The molecule has 0 radical (unpaired) electrons. The highest BCUT2D eigenvalue weighted by molar-refractivity contribution is 6.35. The molecule has 0 amide bonds. The van der Waals surface area contributed by atoms with Gasteiger partial charge in [0.15, 0.2) is 5.58 Å². The summed E-state index contributed by atoms with van der Waals surface area (Å²) in [4.78, 5) is 11.1. The number of aromatic nitrogens is 3. The molecule has 6 heteroatoms. The molecular weight excluding hydrogens is 643 g/mol. The minimum atomic E-state index is -0.432. The third kappa shape index (κ3) is 3.89. The molecule has 1 aliphatic rings. The molecule has 0 aliphatic heterocycles. The SMILES string of the molecule is COc1ccc2c(c1)c1c3oc4ccccc4c3c3ccccc3c1n2-c1nc(C2(C)C=C(C)C=C(C)C2)c2oc3ccc4ccccc4c3c2n1. The van der Waals surface area contributed by atoms with Crippen molar-refractivity contribution in [2.24, 2.45) is 0 Å². The van der Waals surface area contributed by atoms with Gasteiger partial charge in [0, 0.05) is 27.0 Å². The largest absolute Gasteiger partial charge is 0.497 e. The Labute approximate surface area is 298 Å². The number of nitrogens with zero attached hydrogens (tertiary/aromatic N) is 3. The van der Waals surface area contributed by atoms with Crippen LogP contribution in [0.1, 0.15) is 32.9 Å². The van der Waals surface area contributed by atoms with Crippen molar-refractivity contribution in [3.8, 4) is 11.7 Å². The van der Waals surface area contributed by atoms with Crippen molar-refractivity contribution in [3.05, 3.63) is 132 Å². The fourth-order valence-corrected chi connectivity index (χ4v) is 9.14. The third-order valence-corrected chi connectivity index (χ3v) is 11.0. The lowest BCUT2D eigenvalue weighted by atomic mass is 9.75. The molecule has 0 spiro atoms. The van der Waals surface area contributed by atoms with Gasteiger partial charge in [-0.05, 0) is 66.8 Å². The number of allylic oxidation sites excluding steroid dienone is 4. The summed E-state index contributed by atoms with van der Waals surface area (Å²) >= 11 is 0. The zero-order valence-corrected chi connectivity index (χ0v) is 29.2. The first kappa shape index (κ1) is 29.3. The van der Waals surface area contributed by atoms with E-state index in [-0.39, 0.29) is 0 Å². The predicted octanol–water partition coefficient (Wildman–Crippen LogP) is 12.2. The van der Waals surface area contributed by atoms with E-state index < -0.39 is 5.41 Å². The van der Waals surface area contributed by atoms with Crippen LogP contribution in [-0.4, -0.2) is 21.6 Å². The van der Waals surface area contributed by atoms with Gasteiger partial charge in [0.2, 0.25) is 5.95 Å². The average molecular weight is 676 g/mol. The summed E-state index contributed by atoms with van der Waals surface area (Å²) in [5.41, 5.74) is 8.94. The van der Waals surface area contributed by atoms with Crippen LogP contribution in [0.25, 0.3) is 93.3 Å². The molecule has 6 nitrogen and oxygen atoms in total. The maximum absolute atomic E-state index is 6.81. The lowest BCUT2D eigenvalue weighted by molar-refractivity contribution is 0.415. The van der Waals surface area contributed by atoms with E-state index in [0.717, 1.165) is 105 Å². The summed E-state index contributed by atoms with van der Waals surface area (Å²) < 4.78 is 21.7. The van der Waals surface area contributed by atoms with Crippen molar-refractivity contribution in [1.82, 2.24) is 14.5 Å². The Morgan fingerprint density at radius 2 is 1.44 bits per heavy atom. The standard InChI is InChI=1S/C46H33N3O3/c1-25-21-26(2)24-46(3,23-25)44-43-40(38-29-12-6-5-11-27(29)17-20-36(38)52-43)47-45(48-44)49-34-19-18-28(50-4)22-33(34)39-41(49)31-14-8-7-13-30(31)37-32-15-9-10-16-35(32)51-42(37)39/h5-23H,24H2,1-4H3. The van der Waals surface area contributed by atoms with E-state index in [4.69, 9.17) is 23.5 Å². The van der Waals surface area contributed by atoms with Crippen LogP contribution >= 0.6 is 0 Å². The Morgan fingerprint density at radius 3 is 2.27 bits per heavy atom. The Hall–Kier alpha value is -6.40. The zero-order chi connectivity index (χ0) is 34.9. The van der Waals surface area contributed by atoms with Gasteiger partial charge >= 0.3 is 0 Å². The number of furan rings is 2. The average Bonchev–Trinajstić information content (AvgIpc) is 3.83. The van der Waals surface area contributed by atoms with Crippen molar-refractivity contribution in [1.29, 1.82) is 0 Å². The highest BCUT2D eigenvalue weighted by Gasteiger charge is 2.35. The molecule has 10 aromatic rings. The van der Waals surface area contributed by atoms with Crippen LogP contribution in [0.2, 0.25) is 0 Å². The van der Waals surface area contributed by atoms with E-state index in [1.54, 1.807) is 7.11 Å². The summed E-state index contributed by atoms with van der Waals surface area (Å²) in [7, 11) is 1.71. The molecule has 11 rings (SSSR count). The van der Waals surface area contributed by atoms with Crippen LogP contribution in [-0.2, 0) is 5.41 Å². The number of methoxy groups -OCH3 is 1. The van der Waals surface area contributed by atoms with Gasteiger partial charge in [-0.3, -0.25) is 4.57 Å². The lowest BCUT2D eigenvalue weighted by Gasteiger charge is -2.30. The van der Waals surface area contributed by atoms with Crippen LogP contribution < -0.4 is 4.74 Å². The van der Waals surface area contributed by atoms with E-state index in [9.17, 15) is 0 Å². The van der Waals surface area contributed by atoms with Gasteiger partial charge in [0.1, 0.15) is 28.0 Å². The van der Waals surface area contributed by atoms with Gasteiger partial charge in [-0.15, -0.1) is 0 Å². The first-order valence-electron chi connectivity index (χ1n) is 17.7. The maximum atomic E-state index is 6.81. The Morgan fingerprint density at radius 1 is 0.692 bits per heavy atom. The number of rotatable bonds is 3. The highest BCUT2D eigenvalue weighted by Crippen LogP contribution is 2.48. The Bertz CT molecular complexity index is 3250. The van der Waals surface area contributed by atoms with Gasteiger partial charge in [0.25, 0.3) is 0 Å². The zero-order valence-electron chi connectivity index (χ0n) is 29.2. The molecule has 250 valence electrons. The maximum Gasteiger partial charge on any atom is 0.235 e. The number of para-hydroxylation sites is 1. The normalized spacial score (nSPS) is 16.7. The van der Waals surface area contributed by atoms with Crippen molar-refractivity contribution in [3.63, 3.8) is 0 Å². The number of ether oxygens (including phenoxy) is 1. The highest BCUT2D eigenvalue weighted by atomic mass is 16.5. The molecule has 0 bridgehead atoms. The molecule has 52 heavy (non-hydrogen) atoms. The summed E-state index contributed by atoms with van der Waals surface area (Å²) in [5.74, 6) is 1.36. The van der Waals surface area contributed by atoms with Gasteiger partial charge in [-0.25, -0.2) is 9.97 Å². The molecule has 6 aromatic carbocycles. The van der Waals surface area contributed by atoms with E-state index in [1.165, 1.54) is 11.1 Å². The smallest absolute Gasteiger partial charge is 0.235 e. The molecule has 1 atom stereocenters. The van der Waals surface area contributed by atoms with Crippen molar-refractivity contribution in [2.45, 2.75) is 32.6 Å². The van der Waals surface area contributed by atoms with Gasteiger partial charge in [-0.2, -0.15) is 0 Å². The minimum absolute atomic E-state index is 0.432. The fraction of sp³-hybridized carbons (Fsp3) is 0.130. The Balaban J connectivity index is 1.37.